The fourth-order valence-electron chi connectivity index (χ4n) is 2.87. The van der Waals surface area contributed by atoms with Gasteiger partial charge in [0.25, 0.3) is 5.91 Å². The molecule has 1 amide bonds. The molecule has 1 aliphatic heterocycles. The van der Waals surface area contributed by atoms with Gasteiger partial charge in [0.05, 0.1) is 5.52 Å². The van der Waals surface area contributed by atoms with Crippen LogP contribution in [0.15, 0.2) is 30.3 Å². The molecule has 1 saturated heterocycles. The Morgan fingerprint density at radius 1 is 1.33 bits per heavy atom. The van der Waals surface area contributed by atoms with Crippen LogP contribution in [0.4, 0.5) is 0 Å². The molecule has 0 radical (unpaired) electrons. The molecule has 2 heterocycles. The largest absolute Gasteiger partial charge is 0.480 e. The summed E-state index contributed by atoms with van der Waals surface area (Å²) in [5.74, 6) is -1.24. The first-order valence-electron chi connectivity index (χ1n) is 6.98. The predicted molar refractivity (Wildman–Crippen MR) is 78.2 cm³/mol. The average Bonchev–Trinajstić information content (AvgIpc) is 2.96. The van der Waals surface area contributed by atoms with Crippen LogP contribution in [0.2, 0.25) is 0 Å². The van der Waals surface area contributed by atoms with E-state index in [1.54, 1.807) is 6.07 Å². The first kappa shape index (κ1) is 13.5. The second kappa shape index (κ2) is 5.16. The van der Waals surface area contributed by atoms with E-state index in [9.17, 15) is 14.7 Å². The number of aliphatic carboxylic acids is 1. The molecule has 0 spiro atoms. The lowest BCUT2D eigenvalue weighted by Crippen LogP contribution is -2.40. The number of aromatic nitrogens is 1. The molecular weight excluding hydrogens is 268 g/mol. The maximum Gasteiger partial charge on any atom is 0.326 e. The van der Waals surface area contributed by atoms with Crippen molar-refractivity contribution in [3.8, 4) is 0 Å². The monoisotopic (exact) mass is 284 g/mol. The first-order chi connectivity index (χ1) is 10.1. The zero-order valence-electron chi connectivity index (χ0n) is 11.7. The van der Waals surface area contributed by atoms with Gasteiger partial charge in [0.2, 0.25) is 0 Å². The number of fused-ring (bicyclic) bond motifs is 1. The molecule has 1 aromatic heterocycles. The van der Waals surface area contributed by atoms with E-state index in [1.165, 1.54) is 4.90 Å². The van der Waals surface area contributed by atoms with E-state index in [0.29, 0.717) is 18.7 Å². The molecule has 108 valence electrons. The van der Waals surface area contributed by atoms with Crippen LogP contribution in [0, 0.1) is 6.92 Å². The Kier molecular flexibility index (Phi) is 3.33. The summed E-state index contributed by atoms with van der Waals surface area (Å²) in [6.45, 7) is 2.41. The average molecular weight is 284 g/mol. The lowest BCUT2D eigenvalue weighted by molar-refractivity contribution is -0.141. The van der Waals surface area contributed by atoms with Crippen LogP contribution in [0.5, 0.6) is 0 Å². The van der Waals surface area contributed by atoms with Crippen LogP contribution in [-0.4, -0.2) is 39.5 Å². The highest BCUT2D eigenvalue weighted by Gasteiger charge is 2.35. The fourth-order valence-corrected chi connectivity index (χ4v) is 2.87. The van der Waals surface area contributed by atoms with Gasteiger partial charge in [0.1, 0.15) is 11.7 Å². The minimum atomic E-state index is -0.946. The van der Waals surface area contributed by atoms with Crippen molar-refractivity contribution < 1.29 is 14.7 Å². The van der Waals surface area contributed by atoms with Crippen LogP contribution in [0.25, 0.3) is 10.9 Å². The topological polar surface area (TPSA) is 70.5 Å². The Labute approximate surface area is 122 Å². The summed E-state index contributed by atoms with van der Waals surface area (Å²) in [5.41, 5.74) is 2.04. The zero-order chi connectivity index (χ0) is 15.0. The van der Waals surface area contributed by atoms with Crippen LogP contribution < -0.4 is 0 Å². The Hall–Kier alpha value is -2.43. The highest BCUT2D eigenvalue weighted by Crippen LogP contribution is 2.22. The van der Waals surface area contributed by atoms with Gasteiger partial charge in [-0.15, -0.1) is 0 Å². The summed E-state index contributed by atoms with van der Waals surface area (Å²) in [4.78, 5) is 29.6. The van der Waals surface area contributed by atoms with Gasteiger partial charge in [-0.2, -0.15) is 0 Å². The van der Waals surface area contributed by atoms with Crippen molar-refractivity contribution in [3.05, 3.63) is 41.6 Å². The summed E-state index contributed by atoms with van der Waals surface area (Å²) in [5, 5.41) is 10.2. The number of carbonyl (C=O) groups is 2. The summed E-state index contributed by atoms with van der Waals surface area (Å²) in [6.07, 6.45) is 1.23. The molecule has 5 heteroatoms. The van der Waals surface area contributed by atoms with Crippen LogP contribution in [0.3, 0.4) is 0 Å². The van der Waals surface area contributed by atoms with Gasteiger partial charge in [0.15, 0.2) is 0 Å². The molecule has 1 N–H and O–H groups in total. The fraction of sp³-hybridized carbons (Fsp3) is 0.312. The molecular formula is C16H16N2O3. The summed E-state index contributed by atoms with van der Waals surface area (Å²) in [6, 6.07) is 8.63. The standard InChI is InChI=1S/C16H16N2O3/c1-10-9-13(17-12-6-3-2-5-11(10)12)15(19)18-8-4-7-14(18)16(20)21/h2-3,5-6,9,14H,4,7-8H2,1H3,(H,20,21). The third-order valence-corrected chi connectivity index (χ3v) is 3.94. The van der Waals surface area contributed by atoms with E-state index in [0.717, 1.165) is 22.9 Å². The molecule has 1 unspecified atom stereocenters. The number of hydrogen-bond donors (Lipinski definition) is 1. The minimum absolute atomic E-state index is 0.297. The maximum absolute atomic E-state index is 12.6. The third kappa shape index (κ3) is 2.35. The summed E-state index contributed by atoms with van der Waals surface area (Å²) < 4.78 is 0. The highest BCUT2D eigenvalue weighted by molar-refractivity contribution is 5.98. The Balaban J connectivity index is 2.00. The Morgan fingerprint density at radius 3 is 2.86 bits per heavy atom. The molecule has 3 rings (SSSR count). The lowest BCUT2D eigenvalue weighted by atomic mass is 10.1. The number of nitrogens with zero attached hydrogens (tertiary/aromatic N) is 2. The molecule has 2 aromatic rings. The number of rotatable bonds is 2. The Morgan fingerprint density at radius 2 is 2.10 bits per heavy atom. The highest BCUT2D eigenvalue weighted by atomic mass is 16.4. The van der Waals surface area contributed by atoms with Gasteiger partial charge in [-0.3, -0.25) is 4.79 Å². The molecule has 0 bridgehead atoms. The van der Waals surface area contributed by atoms with E-state index in [1.807, 2.05) is 31.2 Å². The van der Waals surface area contributed by atoms with Crippen LogP contribution in [0.1, 0.15) is 28.9 Å². The van der Waals surface area contributed by atoms with Crippen molar-refractivity contribution in [2.75, 3.05) is 6.54 Å². The summed E-state index contributed by atoms with van der Waals surface area (Å²) >= 11 is 0. The number of carboxylic acid groups (broad SMARTS) is 1. The number of carbonyl (C=O) groups excluding carboxylic acids is 1. The number of carboxylic acids is 1. The second-order valence-corrected chi connectivity index (χ2v) is 5.34. The predicted octanol–water partition coefficient (Wildman–Crippen LogP) is 2.23. The van der Waals surface area contributed by atoms with Crippen LogP contribution in [-0.2, 0) is 4.79 Å². The molecule has 0 aliphatic carbocycles. The molecule has 0 saturated carbocycles. The molecule has 1 aromatic carbocycles. The smallest absolute Gasteiger partial charge is 0.326 e. The first-order valence-corrected chi connectivity index (χ1v) is 6.98. The van der Waals surface area contributed by atoms with Crippen molar-refractivity contribution in [1.82, 2.24) is 9.88 Å². The molecule has 1 atom stereocenters. The normalized spacial score (nSPS) is 18.1. The number of hydrogen-bond acceptors (Lipinski definition) is 3. The van der Waals surface area contributed by atoms with E-state index < -0.39 is 12.0 Å². The van der Waals surface area contributed by atoms with Crippen molar-refractivity contribution in [1.29, 1.82) is 0 Å². The van der Waals surface area contributed by atoms with Gasteiger partial charge in [-0.25, -0.2) is 9.78 Å². The van der Waals surface area contributed by atoms with Crippen molar-refractivity contribution in [3.63, 3.8) is 0 Å². The number of benzene rings is 1. The number of likely N-dealkylation sites (tertiary alicyclic amines) is 1. The maximum atomic E-state index is 12.6. The van der Waals surface area contributed by atoms with E-state index >= 15 is 0 Å². The second-order valence-electron chi connectivity index (χ2n) is 5.34. The van der Waals surface area contributed by atoms with Gasteiger partial charge in [-0.05, 0) is 37.5 Å². The van der Waals surface area contributed by atoms with Crippen molar-refractivity contribution >= 4 is 22.8 Å². The SMILES string of the molecule is Cc1cc(C(=O)N2CCCC2C(=O)O)nc2ccccc12. The van der Waals surface area contributed by atoms with Crippen molar-refractivity contribution in [2.45, 2.75) is 25.8 Å². The van der Waals surface area contributed by atoms with Gasteiger partial charge in [0, 0.05) is 11.9 Å². The number of para-hydroxylation sites is 1. The van der Waals surface area contributed by atoms with E-state index in [-0.39, 0.29) is 5.91 Å². The number of aryl methyl sites for hydroxylation is 1. The summed E-state index contributed by atoms with van der Waals surface area (Å²) in [7, 11) is 0. The minimum Gasteiger partial charge on any atom is -0.480 e. The lowest BCUT2D eigenvalue weighted by Gasteiger charge is -2.21. The molecule has 1 aliphatic rings. The van der Waals surface area contributed by atoms with Crippen LogP contribution >= 0.6 is 0 Å². The van der Waals surface area contributed by atoms with Gasteiger partial charge >= 0.3 is 5.97 Å². The Bertz CT molecular complexity index is 727. The van der Waals surface area contributed by atoms with E-state index in [4.69, 9.17) is 0 Å². The van der Waals surface area contributed by atoms with Gasteiger partial charge in [-0.1, -0.05) is 18.2 Å². The molecule has 5 nitrogen and oxygen atoms in total. The number of pyridine rings is 1. The molecule has 21 heavy (non-hydrogen) atoms. The third-order valence-electron chi connectivity index (χ3n) is 3.94. The van der Waals surface area contributed by atoms with Crippen molar-refractivity contribution in [2.24, 2.45) is 0 Å². The number of amides is 1. The molecule has 1 fully saturated rings. The zero-order valence-corrected chi connectivity index (χ0v) is 11.7. The van der Waals surface area contributed by atoms with E-state index in [2.05, 4.69) is 4.98 Å². The van der Waals surface area contributed by atoms with Gasteiger partial charge < -0.3 is 10.0 Å². The quantitative estimate of drug-likeness (QED) is 0.918.